The van der Waals surface area contributed by atoms with Crippen LogP contribution in [0.4, 0.5) is 0 Å². The molecule has 47 heavy (non-hydrogen) atoms. The van der Waals surface area contributed by atoms with Crippen molar-refractivity contribution in [1.82, 2.24) is 14.3 Å². The summed E-state index contributed by atoms with van der Waals surface area (Å²) in [5.74, 6) is 0.918. The molecule has 2 aromatic heterocycles. The molecule has 9 nitrogen and oxygen atoms in total. The Labute approximate surface area is 276 Å². The highest BCUT2D eigenvalue weighted by molar-refractivity contribution is 7.07. The standard InChI is InChI=1S/C37H34N4O5S/c1-6-19-46-30-18-15-26(20-23(30)3)33-27(22-40(39-33)28-11-9-8-10-12-28)21-31-35(42)41-34(25-13-16-29(44-5)17-14-25)32(36(43)45-7-2)24(4)38-37(41)47-31/h6,8-18,20-22,34H,1,7,19H2,2-5H3. The van der Waals surface area contributed by atoms with Gasteiger partial charge in [0.15, 0.2) is 4.80 Å². The summed E-state index contributed by atoms with van der Waals surface area (Å²) in [6, 6.07) is 22.3. The number of carbonyl (C=O) groups is 1. The molecule has 0 saturated heterocycles. The van der Waals surface area contributed by atoms with Crippen molar-refractivity contribution in [3.63, 3.8) is 0 Å². The van der Waals surface area contributed by atoms with Crippen molar-refractivity contribution in [2.24, 2.45) is 4.99 Å². The number of aryl methyl sites for hydroxylation is 1. The minimum atomic E-state index is -0.726. The molecule has 0 N–H and O–H groups in total. The number of methoxy groups -OCH3 is 1. The number of rotatable bonds is 10. The first-order valence-corrected chi connectivity index (χ1v) is 16.0. The van der Waals surface area contributed by atoms with Gasteiger partial charge in [0.25, 0.3) is 5.56 Å². The Balaban J connectivity index is 1.53. The maximum Gasteiger partial charge on any atom is 0.338 e. The van der Waals surface area contributed by atoms with Crippen molar-refractivity contribution in [2.75, 3.05) is 20.3 Å². The molecule has 0 spiro atoms. The van der Waals surface area contributed by atoms with Crippen LogP contribution in [0.15, 0.2) is 113 Å². The van der Waals surface area contributed by atoms with E-state index in [-0.39, 0.29) is 12.2 Å². The molecule has 6 rings (SSSR count). The van der Waals surface area contributed by atoms with Crippen LogP contribution in [0, 0.1) is 6.92 Å². The van der Waals surface area contributed by atoms with Gasteiger partial charge >= 0.3 is 5.97 Å². The van der Waals surface area contributed by atoms with Crippen LogP contribution in [-0.2, 0) is 9.53 Å². The number of hydrogen-bond acceptors (Lipinski definition) is 8. The minimum absolute atomic E-state index is 0.199. The molecular weight excluding hydrogens is 612 g/mol. The monoisotopic (exact) mass is 646 g/mol. The van der Waals surface area contributed by atoms with Crippen molar-refractivity contribution >= 4 is 23.4 Å². The van der Waals surface area contributed by atoms with Gasteiger partial charge in [0.1, 0.15) is 23.8 Å². The van der Waals surface area contributed by atoms with E-state index in [2.05, 4.69) is 6.58 Å². The Morgan fingerprint density at radius 2 is 1.83 bits per heavy atom. The van der Waals surface area contributed by atoms with Crippen LogP contribution in [-0.4, -0.2) is 40.6 Å². The molecule has 1 aliphatic rings. The molecule has 238 valence electrons. The number of ether oxygens (including phenoxy) is 3. The number of para-hydroxylation sites is 1. The topological polar surface area (TPSA) is 96.9 Å². The smallest absolute Gasteiger partial charge is 0.338 e. The SMILES string of the molecule is C=CCOc1ccc(-c2nn(-c3ccccc3)cc2C=c2sc3n(c2=O)C(c2ccc(OC)cc2)C(C(=O)OCC)=C(C)N=3)cc1C. The molecule has 0 amide bonds. The van der Waals surface area contributed by atoms with Crippen molar-refractivity contribution in [1.29, 1.82) is 0 Å². The second kappa shape index (κ2) is 13.5. The number of carbonyl (C=O) groups excluding carboxylic acids is 1. The number of benzene rings is 3. The first kappa shape index (κ1) is 31.5. The van der Waals surface area contributed by atoms with Gasteiger partial charge in [-0.2, -0.15) is 5.10 Å². The number of esters is 1. The van der Waals surface area contributed by atoms with E-state index < -0.39 is 12.0 Å². The van der Waals surface area contributed by atoms with E-state index in [4.69, 9.17) is 24.3 Å². The van der Waals surface area contributed by atoms with Crippen LogP contribution in [0.5, 0.6) is 11.5 Å². The Morgan fingerprint density at radius 3 is 2.51 bits per heavy atom. The van der Waals surface area contributed by atoms with Crippen molar-refractivity contribution < 1.29 is 19.0 Å². The second-order valence-electron chi connectivity index (χ2n) is 10.9. The number of nitrogens with zero attached hydrogens (tertiary/aromatic N) is 4. The van der Waals surface area contributed by atoms with Crippen LogP contribution in [0.3, 0.4) is 0 Å². The molecule has 1 atom stereocenters. The third-order valence-corrected chi connectivity index (χ3v) is 8.79. The summed E-state index contributed by atoms with van der Waals surface area (Å²) in [7, 11) is 1.59. The van der Waals surface area contributed by atoms with Gasteiger partial charge < -0.3 is 14.2 Å². The highest BCUT2D eigenvalue weighted by Crippen LogP contribution is 2.32. The van der Waals surface area contributed by atoms with E-state index >= 15 is 0 Å². The summed E-state index contributed by atoms with van der Waals surface area (Å²) in [6.07, 6.45) is 5.47. The zero-order chi connectivity index (χ0) is 33.1. The molecule has 1 aliphatic heterocycles. The Hall–Kier alpha value is -5.48. The van der Waals surface area contributed by atoms with E-state index in [9.17, 15) is 9.59 Å². The Bertz CT molecular complexity index is 2180. The lowest BCUT2D eigenvalue weighted by molar-refractivity contribution is -0.139. The lowest BCUT2D eigenvalue weighted by atomic mass is 9.96. The number of aromatic nitrogens is 3. The highest BCUT2D eigenvalue weighted by Gasteiger charge is 2.33. The van der Waals surface area contributed by atoms with Crippen LogP contribution < -0.4 is 24.4 Å². The molecule has 3 heterocycles. The molecule has 1 unspecified atom stereocenters. The number of fused-ring (bicyclic) bond motifs is 1. The summed E-state index contributed by atoms with van der Waals surface area (Å²) in [5, 5.41) is 4.96. The highest BCUT2D eigenvalue weighted by atomic mass is 32.1. The molecule has 0 aliphatic carbocycles. The maximum absolute atomic E-state index is 14.3. The van der Waals surface area contributed by atoms with Crippen LogP contribution in [0.1, 0.15) is 36.6 Å². The third-order valence-electron chi connectivity index (χ3n) is 7.80. The van der Waals surface area contributed by atoms with E-state index in [1.165, 1.54) is 11.3 Å². The third kappa shape index (κ3) is 6.19. The maximum atomic E-state index is 14.3. The van der Waals surface area contributed by atoms with Gasteiger partial charge in [-0.15, -0.1) is 0 Å². The summed E-state index contributed by atoms with van der Waals surface area (Å²) < 4.78 is 20.4. The first-order valence-electron chi connectivity index (χ1n) is 15.2. The molecule has 0 saturated carbocycles. The second-order valence-corrected chi connectivity index (χ2v) is 11.9. The predicted octanol–water partition coefficient (Wildman–Crippen LogP) is 5.53. The van der Waals surface area contributed by atoms with Gasteiger partial charge in [-0.05, 0) is 80.4 Å². The molecule has 10 heteroatoms. The van der Waals surface area contributed by atoms with Crippen molar-refractivity contribution in [2.45, 2.75) is 26.8 Å². The first-order chi connectivity index (χ1) is 22.8. The normalized spacial score (nSPS) is 14.4. The average molecular weight is 647 g/mol. The summed E-state index contributed by atoms with van der Waals surface area (Å²) in [4.78, 5) is 32.8. The number of thiazole rings is 1. The number of hydrogen-bond donors (Lipinski definition) is 0. The zero-order valence-corrected chi connectivity index (χ0v) is 27.4. The van der Waals surface area contributed by atoms with Gasteiger partial charge in [-0.1, -0.05) is 54.3 Å². The zero-order valence-electron chi connectivity index (χ0n) is 26.6. The minimum Gasteiger partial charge on any atom is -0.497 e. The summed E-state index contributed by atoms with van der Waals surface area (Å²) in [6.45, 7) is 9.84. The molecule has 0 bridgehead atoms. The fraction of sp³-hybridized carbons (Fsp3) is 0.189. The summed E-state index contributed by atoms with van der Waals surface area (Å²) >= 11 is 1.27. The molecule has 5 aromatic rings. The van der Waals surface area contributed by atoms with Crippen molar-refractivity contribution in [3.05, 3.63) is 139 Å². The van der Waals surface area contributed by atoms with Gasteiger partial charge in [0.2, 0.25) is 0 Å². The fourth-order valence-electron chi connectivity index (χ4n) is 5.57. The molecule has 0 radical (unpaired) electrons. The van der Waals surface area contributed by atoms with E-state index in [0.29, 0.717) is 38.7 Å². The van der Waals surface area contributed by atoms with Gasteiger partial charge in [-0.3, -0.25) is 9.36 Å². The molecule has 0 fully saturated rings. The Kier molecular flexibility index (Phi) is 9.03. The Morgan fingerprint density at radius 1 is 1.06 bits per heavy atom. The van der Waals surface area contributed by atoms with E-state index in [0.717, 1.165) is 33.7 Å². The van der Waals surface area contributed by atoms with Gasteiger partial charge in [-0.25, -0.2) is 14.5 Å². The fourth-order valence-corrected chi connectivity index (χ4v) is 6.61. The average Bonchev–Trinajstić information content (AvgIpc) is 3.64. The quantitative estimate of drug-likeness (QED) is 0.146. The molecular formula is C37H34N4O5S. The lowest BCUT2D eigenvalue weighted by Gasteiger charge is -2.24. The van der Waals surface area contributed by atoms with Crippen LogP contribution in [0.25, 0.3) is 23.0 Å². The molecule has 3 aromatic carbocycles. The number of allylic oxidation sites excluding steroid dienone is 1. The predicted molar refractivity (Wildman–Crippen MR) is 183 cm³/mol. The van der Waals surface area contributed by atoms with Gasteiger partial charge in [0, 0.05) is 17.3 Å². The largest absolute Gasteiger partial charge is 0.497 e. The lowest BCUT2D eigenvalue weighted by Crippen LogP contribution is -2.39. The van der Waals surface area contributed by atoms with Crippen LogP contribution in [0.2, 0.25) is 0 Å². The summed E-state index contributed by atoms with van der Waals surface area (Å²) in [5.41, 5.74) is 5.45. The van der Waals surface area contributed by atoms with E-state index in [1.54, 1.807) is 36.3 Å². The van der Waals surface area contributed by atoms with Gasteiger partial charge in [0.05, 0.1) is 41.2 Å². The van der Waals surface area contributed by atoms with Crippen molar-refractivity contribution in [3.8, 4) is 28.4 Å². The van der Waals surface area contributed by atoms with E-state index in [1.807, 2.05) is 92.0 Å². The van der Waals surface area contributed by atoms with Crippen LogP contribution >= 0.6 is 11.3 Å².